The number of rotatable bonds is 5. The van der Waals surface area contributed by atoms with Crippen molar-refractivity contribution in [3.05, 3.63) is 52.4 Å². The molecule has 1 N–H and O–H groups in total. The minimum atomic E-state index is -4.46. The van der Waals surface area contributed by atoms with Crippen LogP contribution in [-0.2, 0) is 6.54 Å². The van der Waals surface area contributed by atoms with Gasteiger partial charge >= 0.3 is 6.18 Å². The van der Waals surface area contributed by atoms with Crippen LogP contribution in [-0.4, -0.2) is 41.6 Å². The lowest BCUT2D eigenvalue weighted by Gasteiger charge is -2.17. The number of carbonyl (C=O) groups is 2. The third-order valence-corrected chi connectivity index (χ3v) is 3.68. The first kappa shape index (κ1) is 19.5. The van der Waals surface area contributed by atoms with Crippen LogP contribution in [0.25, 0.3) is 0 Å². The molecule has 0 atom stereocenters. The second-order valence-corrected chi connectivity index (χ2v) is 5.86. The van der Waals surface area contributed by atoms with Gasteiger partial charge in [0.2, 0.25) is 0 Å². The van der Waals surface area contributed by atoms with Gasteiger partial charge in [-0.2, -0.15) is 13.2 Å². The van der Waals surface area contributed by atoms with E-state index in [-0.39, 0.29) is 18.0 Å². The summed E-state index contributed by atoms with van der Waals surface area (Å²) in [7, 11) is 1.61. The fourth-order valence-electron chi connectivity index (χ4n) is 2.37. The fourth-order valence-corrected chi connectivity index (χ4v) is 2.37. The van der Waals surface area contributed by atoms with Gasteiger partial charge in [-0.3, -0.25) is 9.59 Å². The van der Waals surface area contributed by atoms with Gasteiger partial charge in [-0.15, -0.1) is 0 Å². The van der Waals surface area contributed by atoms with Gasteiger partial charge in [0.25, 0.3) is 11.8 Å². The average molecular weight is 369 g/mol. The lowest BCUT2D eigenvalue weighted by molar-refractivity contribution is -0.123. The maximum Gasteiger partial charge on any atom is 0.405 e. The van der Waals surface area contributed by atoms with Crippen LogP contribution < -0.4 is 5.32 Å². The van der Waals surface area contributed by atoms with Gasteiger partial charge in [0, 0.05) is 19.2 Å². The Balaban J connectivity index is 2.00. The number of carbonyl (C=O) groups excluding carboxylic acids is 2. The van der Waals surface area contributed by atoms with Gasteiger partial charge in [0.15, 0.2) is 0 Å². The van der Waals surface area contributed by atoms with Crippen LogP contribution in [0, 0.1) is 13.8 Å². The molecule has 6 nitrogen and oxygen atoms in total. The molecule has 1 aromatic carbocycles. The summed E-state index contributed by atoms with van der Waals surface area (Å²) in [5.41, 5.74) is 1.73. The molecule has 2 aromatic rings. The SMILES string of the molecule is Cc1noc(C)c1C(=O)N(C)Cc1ccc(C(=O)NCC(F)(F)F)cc1. The molecule has 140 valence electrons. The predicted molar refractivity (Wildman–Crippen MR) is 86.6 cm³/mol. The van der Waals surface area contributed by atoms with Crippen molar-refractivity contribution in [1.82, 2.24) is 15.4 Å². The van der Waals surface area contributed by atoms with Crippen LogP contribution in [0.15, 0.2) is 28.8 Å². The second-order valence-electron chi connectivity index (χ2n) is 5.86. The number of aromatic nitrogens is 1. The Morgan fingerprint density at radius 1 is 1.19 bits per heavy atom. The molecule has 1 aromatic heterocycles. The molecule has 0 unspecified atom stereocenters. The number of halogens is 3. The molecular formula is C17H18F3N3O3. The zero-order valence-corrected chi connectivity index (χ0v) is 14.5. The van der Waals surface area contributed by atoms with E-state index in [0.29, 0.717) is 17.0 Å². The number of hydrogen-bond acceptors (Lipinski definition) is 4. The van der Waals surface area contributed by atoms with Crippen molar-refractivity contribution in [2.24, 2.45) is 0 Å². The molecule has 2 amide bonds. The minimum absolute atomic E-state index is 0.109. The lowest BCUT2D eigenvalue weighted by atomic mass is 10.1. The Morgan fingerprint density at radius 2 is 1.81 bits per heavy atom. The average Bonchev–Trinajstić information content (AvgIpc) is 2.90. The van der Waals surface area contributed by atoms with Crippen molar-refractivity contribution in [3.63, 3.8) is 0 Å². The molecule has 0 fully saturated rings. The van der Waals surface area contributed by atoms with Crippen molar-refractivity contribution >= 4 is 11.8 Å². The Hall–Kier alpha value is -2.84. The van der Waals surface area contributed by atoms with E-state index in [9.17, 15) is 22.8 Å². The molecule has 2 rings (SSSR count). The van der Waals surface area contributed by atoms with Crippen molar-refractivity contribution in [1.29, 1.82) is 0 Å². The topological polar surface area (TPSA) is 75.4 Å². The lowest BCUT2D eigenvalue weighted by Crippen LogP contribution is -2.33. The van der Waals surface area contributed by atoms with Gasteiger partial charge in [-0.25, -0.2) is 0 Å². The number of benzene rings is 1. The summed E-state index contributed by atoms with van der Waals surface area (Å²) in [6, 6.07) is 5.99. The zero-order chi connectivity index (χ0) is 19.5. The smallest absolute Gasteiger partial charge is 0.361 e. The van der Waals surface area contributed by atoms with Gasteiger partial charge in [-0.1, -0.05) is 17.3 Å². The number of alkyl halides is 3. The molecule has 0 aliphatic carbocycles. The predicted octanol–water partition coefficient (Wildman–Crippen LogP) is 2.86. The van der Waals surface area contributed by atoms with E-state index >= 15 is 0 Å². The van der Waals surface area contributed by atoms with Crippen molar-refractivity contribution in [2.75, 3.05) is 13.6 Å². The zero-order valence-electron chi connectivity index (χ0n) is 14.5. The minimum Gasteiger partial charge on any atom is -0.361 e. The second kappa shape index (κ2) is 7.59. The monoisotopic (exact) mass is 369 g/mol. The first-order valence-corrected chi connectivity index (χ1v) is 7.70. The van der Waals surface area contributed by atoms with E-state index in [1.54, 1.807) is 38.3 Å². The number of amides is 2. The largest absolute Gasteiger partial charge is 0.405 e. The summed E-state index contributed by atoms with van der Waals surface area (Å²) in [6.45, 7) is 2.19. The Morgan fingerprint density at radius 3 is 2.31 bits per heavy atom. The first-order chi connectivity index (χ1) is 12.1. The normalized spacial score (nSPS) is 11.3. The Bertz CT molecular complexity index is 778. The van der Waals surface area contributed by atoms with Crippen LogP contribution in [0.1, 0.15) is 37.7 Å². The highest BCUT2D eigenvalue weighted by molar-refractivity contribution is 5.96. The summed E-state index contributed by atoms with van der Waals surface area (Å²) in [5.74, 6) is -0.640. The van der Waals surface area contributed by atoms with E-state index in [0.717, 1.165) is 5.56 Å². The number of aryl methyl sites for hydroxylation is 2. The fraction of sp³-hybridized carbons (Fsp3) is 0.353. The molecule has 9 heteroatoms. The number of nitrogens with zero attached hydrogens (tertiary/aromatic N) is 2. The van der Waals surface area contributed by atoms with Crippen LogP contribution in [0.3, 0.4) is 0 Å². The molecule has 0 radical (unpaired) electrons. The highest BCUT2D eigenvalue weighted by Crippen LogP contribution is 2.16. The molecule has 0 bridgehead atoms. The van der Waals surface area contributed by atoms with E-state index in [1.807, 2.05) is 0 Å². The van der Waals surface area contributed by atoms with Crippen LogP contribution in [0.5, 0.6) is 0 Å². The third-order valence-electron chi connectivity index (χ3n) is 3.68. The maximum atomic E-state index is 12.5. The van der Waals surface area contributed by atoms with Crippen LogP contribution >= 0.6 is 0 Å². The van der Waals surface area contributed by atoms with E-state index < -0.39 is 18.6 Å². The van der Waals surface area contributed by atoms with Gasteiger partial charge in [0.1, 0.15) is 17.9 Å². The quantitative estimate of drug-likeness (QED) is 0.879. The highest BCUT2D eigenvalue weighted by atomic mass is 19.4. The summed E-state index contributed by atoms with van der Waals surface area (Å²) in [4.78, 5) is 25.6. The summed E-state index contributed by atoms with van der Waals surface area (Å²) in [5, 5.41) is 5.55. The standard InChI is InChI=1S/C17H18F3N3O3/c1-10-14(11(2)26-22-10)16(25)23(3)8-12-4-6-13(7-5-12)15(24)21-9-17(18,19)20/h4-7H,8-9H2,1-3H3,(H,21,24). The van der Waals surface area contributed by atoms with Crippen molar-refractivity contribution in [3.8, 4) is 0 Å². The molecule has 26 heavy (non-hydrogen) atoms. The van der Waals surface area contributed by atoms with Gasteiger partial charge in [-0.05, 0) is 31.5 Å². The van der Waals surface area contributed by atoms with Crippen LogP contribution in [0.2, 0.25) is 0 Å². The molecule has 1 heterocycles. The highest BCUT2D eigenvalue weighted by Gasteiger charge is 2.28. The molecular weight excluding hydrogens is 351 g/mol. The third kappa shape index (κ3) is 4.84. The Labute approximate surface area is 148 Å². The molecule has 0 aliphatic rings. The van der Waals surface area contributed by atoms with E-state index in [1.165, 1.54) is 17.0 Å². The van der Waals surface area contributed by atoms with Gasteiger partial charge < -0.3 is 14.7 Å². The number of nitrogens with one attached hydrogen (secondary N) is 1. The van der Waals surface area contributed by atoms with E-state index in [2.05, 4.69) is 5.16 Å². The van der Waals surface area contributed by atoms with Gasteiger partial charge in [0.05, 0.1) is 5.69 Å². The maximum absolute atomic E-state index is 12.5. The van der Waals surface area contributed by atoms with Crippen molar-refractivity contribution in [2.45, 2.75) is 26.6 Å². The molecule has 0 aliphatic heterocycles. The Kier molecular flexibility index (Phi) is 5.69. The van der Waals surface area contributed by atoms with Crippen LogP contribution in [0.4, 0.5) is 13.2 Å². The number of hydrogen-bond donors (Lipinski definition) is 1. The van der Waals surface area contributed by atoms with Crippen molar-refractivity contribution < 1.29 is 27.3 Å². The summed E-state index contributed by atoms with van der Waals surface area (Å²) in [6.07, 6.45) is -4.46. The molecule has 0 saturated heterocycles. The molecule has 0 spiro atoms. The summed E-state index contributed by atoms with van der Waals surface area (Å²) >= 11 is 0. The summed E-state index contributed by atoms with van der Waals surface area (Å²) < 4.78 is 41.4. The first-order valence-electron chi connectivity index (χ1n) is 7.70. The molecule has 0 saturated carbocycles. The van der Waals surface area contributed by atoms with E-state index in [4.69, 9.17) is 4.52 Å².